The second-order valence-corrected chi connectivity index (χ2v) is 4.50. The molecule has 2 atom stereocenters. The Bertz CT molecular complexity index is 308. The Morgan fingerprint density at radius 3 is 2.69 bits per heavy atom. The Morgan fingerprint density at radius 2 is 2.25 bits per heavy atom. The molecule has 92 valence electrons. The molecule has 2 unspecified atom stereocenters. The van der Waals surface area contributed by atoms with Gasteiger partial charge in [-0.1, -0.05) is 13.3 Å². The zero-order valence-corrected chi connectivity index (χ0v) is 10.8. The number of likely N-dealkylation sites (N-methyl/N-ethyl adjacent to an activating group) is 1. The molecule has 0 saturated heterocycles. The summed E-state index contributed by atoms with van der Waals surface area (Å²) >= 11 is 0. The van der Waals surface area contributed by atoms with Crippen LogP contribution in [0.4, 0.5) is 0 Å². The van der Waals surface area contributed by atoms with Crippen molar-refractivity contribution in [2.75, 3.05) is 13.6 Å². The van der Waals surface area contributed by atoms with Gasteiger partial charge in [0.15, 0.2) is 0 Å². The molecule has 0 aliphatic rings. The van der Waals surface area contributed by atoms with Crippen molar-refractivity contribution in [2.45, 2.75) is 38.8 Å². The van der Waals surface area contributed by atoms with Crippen molar-refractivity contribution in [1.82, 2.24) is 14.7 Å². The summed E-state index contributed by atoms with van der Waals surface area (Å²) in [4.78, 5) is 2.35. The van der Waals surface area contributed by atoms with E-state index in [0.29, 0.717) is 12.6 Å². The molecule has 0 aliphatic carbocycles. The lowest BCUT2D eigenvalue weighted by Crippen LogP contribution is -2.36. The van der Waals surface area contributed by atoms with E-state index in [4.69, 9.17) is 5.73 Å². The molecule has 0 aliphatic heterocycles. The highest BCUT2D eigenvalue weighted by Crippen LogP contribution is 2.21. The summed E-state index contributed by atoms with van der Waals surface area (Å²) < 4.78 is 1.83. The highest BCUT2D eigenvalue weighted by atomic mass is 15.3. The van der Waals surface area contributed by atoms with E-state index in [2.05, 4.69) is 30.9 Å². The van der Waals surface area contributed by atoms with Gasteiger partial charge in [-0.05, 0) is 20.4 Å². The number of rotatable bonds is 6. The summed E-state index contributed by atoms with van der Waals surface area (Å²) in [5.41, 5.74) is 7.07. The first kappa shape index (κ1) is 13.2. The van der Waals surface area contributed by atoms with Gasteiger partial charge in [-0.2, -0.15) is 5.10 Å². The Morgan fingerprint density at radius 1 is 1.56 bits per heavy atom. The smallest absolute Gasteiger partial charge is 0.0538 e. The van der Waals surface area contributed by atoms with Crippen LogP contribution in [0.15, 0.2) is 12.4 Å². The zero-order chi connectivity index (χ0) is 12.1. The Labute approximate surface area is 98.4 Å². The molecule has 0 radical (unpaired) electrons. The fraction of sp³-hybridized carbons (Fsp3) is 0.750. The van der Waals surface area contributed by atoms with Crippen molar-refractivity contribution in [3.8, 4) is 0 Å². The van der Waals surface area contributed by atoms with E-state index >= 15 is 0 Å². The monoisotopic (exact) mass is 224 g/mol. The maximum absolute atomic E-state index is 5.87. The van der Waals surface area contributed by atoms with Gasteiger partial charge in [-0.15, -0.1) is 0 Å². The maximum atomic E-state index is 5.87. The predicted molar refractivity (Wildman–Crippen MR) is 67.1 cm³/mol. The van der Waals surface area contributed by atoms with Crippen LogP contribution in [0.25, 0.3) is 0 Å². The minimum Gasteiger partial charge on any atom is -0.329 e. The first-order valence-electron chi connectivity index (χ1n) is 6.00. The molecule has 1 aromatic rings. The molecule has 4 nitrogen and oxygen atoms in total. The minimum atomic E-state index is 0.273. The van der Waals surface area contributed by atoms with Crippen LogP contribution in [0.3, 0.4) is 0 Å². The lowest BCUT2D eigenvalue weighted by atomic mass is 10.1. The molecule has 0 fully saturated rings. The SMILES string of the molecule is CCCC(C)N(C)C(CN)c1cnn(C)c1. The molecule has 0 amide bonds. The van der Waals surface area contributed by atoms with Crippen molar-refractivity contribution in [2.24, 2.45) is 12.8 Å². The van der Waals surface area contributed by atoms with E-state index < -0.39 is 0 Å². The summed E-state index contributed by atoms with van der Waals surface area (Å²) in [5.74, 6) is 0. The van der Waals surface area contributed by atoms with E-state index in [-0.39, 0.29) is 6.04 Å². The minimum absolute atomic E-state index is 0.273. The fourth-order valence-corrected chi connectivity index (χ4v) is 2.08. The van der Waals surface area contributed by atoms with E-state index in [1.807, 2.05) is 24.1 Å². The summed E-state index contributed by atoms with van der Waals surface area (Å²) in [7, 11) is 4.08. The van der Waals surface area contributed by atoms with Crippen LogP contribution >= 0.6 is 0 Å². The summed E-state index contributed by atoms with van der Waals surface area (Å²) in [5, 5.41) is 4.21. The summed E-state index contributed by atoms with van der Waals surface area (Å²) in [6.07, 6.45) is 6.36. The third-order valence-corrected chi connectivity index (χ3v) is 3.23. The second-order valence-electron chi connectivity index (χ2n) is 4.50. The third-order valence-electron chi connectivity index (χ3n) is 3.23. The molecular formula is C12H24N4. The van der Waals surface area contributed by atoms with Gasteiger partial charge in [0.2, 0.25) is 0 Å². The van der Waals surface area contributed by atoms with E-state index in [0.717, 1.165) is 0 Å². The normalized spacial score (nSPS) is 15.4. The van der Waals surface area contributed by atoms with E-state index in [1.54, 1.807) is 0 Å². The van der Waals surface area contributed by atoms with Crippen molar-refractivity contribution in [3.05, 3.63) is 18.0 Å². The van der Waals surface area contributed by atoms with Crippen LogP contribution in [0, 0.1) is 0 Å². The van der Waals surface area contributed by atoms with Crippen molar-refractivity contribution >= 4 is 0 Å². The average Bonchev–Trinajstić information content (AvgIpc) is 2.66. The molecule has 0 aromatic carbocycles. The fourth-order valence-electron chi connectivity index (χ4n) is 2.08. The highest BCUT2D eigenvalue weighted by molar-refractivity contribution is 5.11. The molecule has 0 spiro atoms. The van der Waals surface area contributed by atoms with Gasteiger partial charge in [0.1, 0.15) is 0 Å². The van der Waals surface area contributed by atoms with Gasteiger partial charge in [0, 0.05) is 31.4 Å². The number of nitrogens with zero attached hydrogens (tertiary/aromatic N) is 3. The van der Waals surface area contributed by atoms with Crippen LogP contribution in [-0.4, -0.2) is 34.3 Å². The predicted octanol–water partition coefficient (Wildman–Crippen LogP) is 1.54. The summed E-state index contributed by atoms with van der Waals surface area (Å²) in [6, 6.07) is 0.828. The van der Waals surface area contributed by atoms with Crippen molar-refractivity contribution < 1.29 is 0 Å². The number of hydrogen-bond acceptors (Lipinski definition) is 3. The lowest BCUT2D eigenvalue weighted by molar-refractivity contribution is 0.180. The lowest BCUT2D eigenvalue weighted by Gasteiger charge is -2.31. The first-order valence-corrected chi connectivity index (χ1v) is 6.00. The molecule has 1 aromatic heterocycles. The van der Waals surface area contributed by atoms with Gasteiger partial charge >= 0.3 is 0 Å². The number of aryl methyl sites for hydroxylation is 1. The Kier molecular flexibility index (Phi) is 4.96. The Hall–Kier alpha value is -0.870. The molecule has 16 heavy (non-hydrogen) atoms. The average molecular weight is 224 g/mol. The van der Waals surface area contributed by atoms with E-state index in [9.17, 15) is 0 Å². The van der Waals surface area contributed by atoms with Crippen LogP contribution in [0.1, 0.15) is 38.3 Å². The van der Waals surface area contributed by atoms with E-state index in [1.165, 1.54) is 18.4 Å². The van der Waals surface area contributed by atoms with Gasteiger partial charge in [0.05, 0.1) is 12.2 Å². The first-order chi connectivity index (χ1) is 7.60. The largest absolute Gasteiger partial charge is 0.329 e. The van der Waals surface area contributed by atoms with Gasteiger partial charge in [-0.3, -0.25) is 9.58 Å². The van der Waals surface area contributed by atoms with Gasteiger partial charge in [0.25, 0.3) is 0 Å². The molecule has 4 heteroatoms. The highest BCUT2D eigenvalue weighted by Gasteiger charge is 2.20. The number of aromatic nitrogens is 2. The number of nitrogens with two attached hydrogens (primary N) is 1. The molecule has 2 N–H and O–H groups in total. The van der Waals surface area contributed by atoms with Crippen LogP contribution in [-0.2, 0) is 7.05 Å². The maximum Gasteiger partial charge on any atom is 0.0538 e. The molecule has 0 saturated carbocycles. The second kappa shape index (κ2) is 6.01. The van der Waals surface area contributed by atoms with Gasteiger partial charge < -0.3 is 5.73 Å². The molecule has 1 heterocycles. The van der Waals surface area contributed by atoms with Crippen LogP contribution in [0.2, 0.25) is 0 Å². The summed E-state index contributed by atoms with van der Waals surface area (Å²) in [6.45, 7) is 5.10. The molecule has 1 rings (SSSR count). The zero-order valence-electron chi connectivity index (χ0n) is 10.8. The Balaban J connectivity index is 2.73. The standard InChI is InChI=1S/C12H24N4/c1-5-6-10(2)16(4)12(7-13)11-8-14-15(3)9-11/h8-10,12H,5-7,13H2,1-4H3. The van der Waals surface area contributed by atoms with Crippen molar-refractivity contribution in [3.63, 3.8) is 0 Å². The van der Waals surface area contributed by atoms with Crippen LogP contribution < -0.4 is 5.73 Å². The van der Waals surface area contributed by atoms with Gasteiger partial charge in [-0.25, -0.2) is 0 Å². The van der Waals surface area contributed by atoms with Crippen LogP contribution in [0.5, 0.6) is 0 Å². The third kappa shape index (κ3) is 3.06. The molecular weight excluding hydrogens is 200 g/mol. The topological polar surface area (TPSA) is 47.1 Å². The number of hydrogen-bond donors (Lipinski definition) is 1. The van der Waals surface area contributed by atoms with Crippen molar-refractivity contribution in [1.29, 1.82) is 0 Å². The molecule has 0 bridgehead atoms. The quantitative estimate of drug-likeness (QED) is 0.797.